The van der Waals surface area contributed by atoms with Crippen molar-refractivity contribution < 1.29 is 9.53 Å². The molecule has 3 heterocycles. The number of nitrogens with one attached hydrogen (secondary N) is 2. The van der Waals surface area contributed by atoms with Crippen LogP contribution in [0.15, 0.2) is 34.2 Å². The highest BCUT2D eigenvalue weighted by molar-refractivity contribution is 7.98. The van der Waals surface area contributed by atoms with Crippen LogP contribution in [0.2, 0.25) is 0 Å². The molecule has 168 valence electrons. The van der Waals surface area contributed by atoms with Gasteiger partial charge in [-0.2, -0.15) is 4.68 Å². The first-order valence-corrected chi connectivity index (χ1v) is 11.4. The Bertz CT molecular complexity index is 1160. The maximum atomic E-state index is 12.6. The van der Waals surface area contributed by atoms with Gasteiger partial charge in [0.1, 0.15) is 0 Å². The molecule has 32 heavy (non-hydrogen) atoms. The third-order valence-corrected chi connectivity index (χ3v) is 5.74. The summed E-state index contributed by atoms with van der Waals surface area (Å²) in [5.74, 6) is 0.355. The van der Waals surface area contributed by atoms with Gasteiger partial charge in [-0.15, -0.1) is 5.10 Å². The van der Waals surface area contributed by atoms with E-state index in [9.17, 15) is 9.59 Å². The van der Waals surface area contributed by atoms with E-state index in [1.807, 2.05) is 23.3 Å². The Morgan fingerprint density at radius 3 is 2.88 bits per heavy atom. The molecule has 11 nitrogen and oxygen atoms in total. The Morgan fingerprint density at radius 1 is 1.31 bits per heavy atom. The summed E-state index contributed by atoms with van der Waals surface area (Å²) in [4.78, 5) is 34.5. The number of amides is 1. The molecule has 1 aliphatic heterocycles. The SMILES string of the molecule is CSc1nnnn1-c1cccc(NC(=O)CCc2c(C)nc(N3CCOCC3)[nH]c2=O)c1. The summed E-state index contributed by atoms with van der Waals surface area (Å²) in [6.45, 7) is 4.39. The average Bonchev–Trinajstić information content (AvgIpc) is 3.28. The molecule has 1 fully saturated rings. The number of morpholine rings is 1. The van der Waals surface area contributed by atoms with Crippen molar-refractivity contribution >= 4 is 29.3 Å². The molecule has 3 aromatic rings. The predicted octanol–water partition coefficient (Wildman–Crippen LogP) is 1.18. The summed E-state index contributed by atoms with van der Waals surface area (Å²) in [7, 11) is 0. The minimum absolute atomic E-state index is 0.160. The Kier molecular flexibility index (Phi) is 6.81. The van der Waals surface area contributed by atoms with Crippen molar-refractivity contribution in [3.8, 4) is 5.69 Å². The molecule has 0 unspecified atom stereocenters. The fourth-order valence-electron chi connectivity index (χ4n) is 3.46. The topological polar surface area (TPSA) is 131 Å². The van der Waals surface area contributed by atoms with Crippen LogP contribution in [-0.4, -0.2) is 68.6 Å². The number of rotatable bonds is 7. The Morgan fingerprint density at radius 2 is 2.12 bits per heavy atom. The summed E-state index contributed by atoms with van der Waals surface area (Å²) < 4.78 is 6.94. The van der Waals surface area contributed by atoms with Crippen LogP contribution in [0.1, 0.15) is 17.7 Å². The summed E-state index contributed by atoms with van der Waals surface area (Å²) in [5.41, 5.74) is 2.31. The number of thioether (sulfide) groups is 1. The molecule has 0 saturated carbocycles. The Hall–Kier alpha value is -3.25. The molecule has 2 N–H and O–H groups in total. The number of carbonyl (C=O) groups excluding carboxylic acids is 1. The third-order valence-electron chi connectivity index (χ3n) is 5.12. The summed E-state index contributed by atoms with van der Waals surface area (Å²) >= 11 is 1.43. The highest BCUT2D eigenvalue weighted by atomic mass is 32.2. The van der Waals surface area contributed by atoms with Crippen molar-refractivity contribution in [3.63, 3.8) is 0 Å². The lowest BCUT2D eigenvalue weighted by Gasteiger charge is -2.27. The number of aromatic amines is 1. The van der Waals surface area contributed by atoms with Crippen molar-refractivity contribution in [2.24, 2.45) is 0 Å². The maximum absolute atomic E-state index is 12.6. The summed E-state index contributed by atoms with van der Waals surface area (Å²) in [6, 6.07) is 7.27. The highest BCUT2D eigenvalue weighted by Gasteiger charge is 2.17. The molecule has 1 saturated heterocycles. The largest absolute Gasteiger partial charge is 0.378 e. The molecule has 4 rings (SSSR count). The number of tetrazole rings is 1. The van der Waals surface area contributed by atoms with Gasteiger partial charge < -0.3 is 15.0 Å². The number of hydrogen-bond acceptors (Lipinski definition) is 9. The van der Waals surface area contributed by atoms with Gasteiger partial charge in [-0.05, 0) is 48.2 Å². The number of H-pyrrole nitrogens is 1. The van der Waals surface area contributed by atoms with Crippen LogP contribution < -0.4 is 15.8 Å². The second kappa shape index (κ2) is 9.92. The Labute approximate surface area is 188 Å². The van der Waals surface area contributed by atoms with Crippen LogP contribution >= 0.6 is 11.8 Å². The van der Waals surface area contributed by atoms with Crippen LogP contribution in [-0.2, 0) is 16.0 Å². The molecule has 0 aliphatic carbocycles. The molecule has 0 spiro atoms. The third kappa shape index (κ3) is 4.97. The van der Waals surface area contributed by atoms with E-state index in [0.717, 1.165) is 5.69 Å². The number of anilines is 2. The lowest BCUT2D eigenvalue weighted by Crippen LogP contribution is -2.38. The predicted molar refractivity (Wildman–Crippen MR) is 121 cm³/mol. The molecule has 12 heteroatoms. The number of carbonyl (C=O) groups is 1. The van der Waals surface area contributed by atoms with E-state index in [0.29, 0.717) is 60.8 Å². The second-order valence-electron chi connectivity index (χ2n) is 7.23. The fourth-order valence-corrected chi connectivity index (χ4v) is 3.89. The van der Waals surface area contributed by atoms with Crippen molar-refractivity contribution in [2.75, 3.05) is 42.8 Å². The smallest absolute Gasteiger partial charge is 0.255 e. The van der Waals surface area contributed by atoms with E-state index in [2.05, 4.69) is 30.8 Å². The molecule has 0 bridgehead atoms. The van der Waals surface area contributed by atoms with E-state index >= 15 is 0 Å². The average molecular weight is 457 g/mol. The molecular weight excluding hydrogens is 432 g/mol. The van der Waals surface area contributed by atoms with Gasteiger partial charge >= 0.3 is 0 Å². The van der Waals surface area contributed by atoms with Crippen LogP contribution in [0.3, 0.4) is 0 Å². The molecule has 1 aromatic carbocycles. The zero-order chi connectivity index (χ0) is 22.5. The lowest BCUT2D eigenvalue weighted by atomic mass is 10.1. The zero-order valence-electron chi connectivity index (χ0n) is 17.9. The van der Waals surface area contributed by atoms with Gasteiger partial charge in [0.05, 0.1) is 18.9 Å². The van der Waals surface area contributed by atoms with Crippen LogP contribution in [0.5, 0.6) is 0 Å². The van der Waals surface area contributed by atoms with Crippen LogP contribution in [0, 0.1) is 6.92 Å². The number of aryl methyl sites for hydroxylation is 1. The van der Waals surface area contributed by atoms with E-state index in [1.54, 1.807) is 23.7 Å². The molecular formula is C20H24N8O3S. The first-order chi connectivity index (χ1) is 15.5. The van der Waals surface area contributed by atoms with Gasteiger partial charge in [-0.1, -0.05) is 17.8 Å². The molecule has 2 aromatic heterocycles. The van der Waals surface area contributed by atoms with Gasteiger partial charge in [0.15, 0.2) is 0 Å². The molecule has 1 amide bonds. The van der Waals surface area contributed by atoms with Crippen molar-refractivity contribution in [1.82, 2.24) is 30.2 Å². The monoisotopic (exact) mass is 456 g/mol. The van der Waals surface area contributed by atoms with Crippen LogP contribution in [0.25, 0.3) is 5.69 Å². The van der Waals surface area contributed by atoms with E-state index in [1.165, 1.54) is 11.8 Å². The van der Waals surface area contributed by atoms with E-state index < -0.39 is 0 Å². The van der Waals surface area contributed by atoms with Gasteiger partial charge in [0, 0.05) is 36.5 Å². The first kappa shape index (κ1) is 22.0. The standard InChI is InChI=1S/C20H24N8O3S/c1-13-16(18(30)23-19(21-13)27-8-10-31-11-9-27)6-7-17(29)22-14-4-3-5-15(12-14)28-20(32-2)24-25-26-28/h3-5,12H,6-11H2,1-2H3,(H,22,29)(H,21,23,30). The minimum atomic E-state index is -0.211. The van der Waals surface area contributed by atoms with Gasteiger partial charge in [0.2, 0.25) is 17.0 Å². The van der Waals surface area contributed by atoms with Crippen LogP contribution in [0.4, 0.5) is 11.6 Å². The summed E-state index contributed by atoms with van der Waals surface area (Å²) in [6.07, 6.45) is 2.35. The number of nitrogens with zero attached hydrogens (tertiary/aromatic N) is 6. The first-order valence-electron chi connectivity index (χ1n) is 10.2. The number of hydrogen-bond donors (Lipinski definition) is 2. The van der Waals surface area contributed by atoms with E-state index in [4.69, 9.17) is 4.74 Å². The zero-order valence-corrected chi connectivity index (χ0v) is 18.7. The molecule has 0 radical (unpaired) electrons. The van der Waals surface area contributed by atoms with Crippen molar-refractivity contribution in [2.45, 2.75) is 24.9 Å². The number of benzene rings is 1. The lowest BCUT2D eigenvalue weighted by molar-refractivity contribution is -0.116. The normalized spacial score (nSPS) is 13.9. The van der Waals surface area contributed by atoms with E-state index in [-0.39, 0.29) is 17.9 Å². The summed E-state index contributed by atoms with van der Waals surface area (Å²) in [5, 5.41) is 15.1. The quantitative estimate of drug-likeness (QED) is 0.503. The minimum Gasteiger partial charge on any atom is -0.378 e. The van der Waals surface area contributed by atoms with Gasteiger partial charge in [-0.25, -0.2) is 4.98 Å². The van der Waals surface area contributed by atoms with Crippen molar-refractivity contribution in [3.05, 3.63) is 45.9 Å². The molecule has 0 atom stereocenters. The fraction of sp³-hybridized carbons (Fsp3) is 0.400. The molecule has 1 aliphatic rings. The maximum Gasteiger partial charge on any atom is 0.255 e. The van der Waals surface area contributed by atoms with Gasteiger partial charge in [0.25, 0.3) is 5.56 Å². The Balaban J connectivity index is 1.40. The second-order valence-corrected chi connectivity index (χ2v) is 8.00. The van der Waals surface area contributed by atoms with Gasteiger partial charge in [-0.3, -0.25) is 14.6 Å². The highest BCUT2D eigenvalue weighted by Crippen LogP contribution is 2.19. The van der Waals surface area contributed by atoms with Crippen molar-refractivity contribution in [1.29, 1.82) is 0 Å². The number of aromatic nitrogens is 6. The number of ether oxygens (including phenoxy) is 1.